The van der Waals surface area contributed by atoms with Gasteiger partial charge in [-0.2, -0.15) is 0 Å². The minimum absolute atomic E-state index is 0.0849. The molecule has 15 heteroatoms. The van der Waals surface area contributed by atoms with Gasteiger partial charge in [-0.1, -0.05) is 0 Å². The number of amides is 4. The fourth-order valence-electron chi connectivity index (χ4n) is 2.32. The minimum atomic E-state index is -1.57. The molecule has 1 aromatic rings. The molecule has 0 aliphatic carbocycles. The number of carboxylic acid groups (broad SMARTS) is 2. The van der Waals surface area contributed by atoms with Gasteiger partial charge in [0.1, 0.15) is 12.1 Å². The van der Waals surface area contributed by atoms with Crippen molar-refractivity contribution in [2.75, 3.05) is 6.54 Å². The van der Waals surface area contributed by atoms with Crippen LogP contribution in [-0.4, -0.2) is 80.4 Å². The second-order valence-corrected chi connectivity index (χ2v) is 6.39. The highest BCUT2D eigenvalue weighted by molar-refractivity contribution is 5.94. The van der Waals surface area contributed by atoms with Crippen molar-refractivity contribution < 1.29 is 39.0 Å². The Morgan fingerprint density at radius 2 is 1.71 bits per heavy atom. The summed E-state index contributed by atoms with van der Waals surface area (Å²) >= 11 is 0. The fourth-order valence-corrected chi connectivity index (χ4v) is 2.32. The summed E-state index contributed by atoms with van der Waals surface area (Å²) in [4.78, 5) is 75.6. The number of nitrogens with zero attached hydrogens (tertiary/aromatic N) is 1. The molecular weight excluding hydrogens is 418 g/mol. The van der Waals surface area contributed by atoms with Crippen LogP contribution in [0.1, 0.15) is 18.5 Å². The molecule has 0 aromatic carbocycles. The molecule has 3 unspecified atom stereocenters. The highest BCUT2D eigenvalue weighted by Crippen LogP contribution is 2.01. The van der Waals surface area contributed by atoms with Crippen LogP contribution in [0.4, 0.5) is 0 Å². The number of aromatic amines is 1. The van der Waals surface area contributed by atoms with Gasteiger partial charge in [0.05, 0.1) is 31.8 Å². The Hall–Kier alpha value is -4.01. The zero-order valence-electron chi connectivity index (χ0n) is 16.2. The molecule has 170 valence electrons. The second kappa shape index (κ2) is 11.9. The van der Waals surface area contributed by atoms with Gasteiger partial charge in [0.2, 0.25) is 23.6 Å². The molecule has 1 rings (SSSR count). The quantitative estimate of drug-likeness (QED) is 0.146. The second-order valence-electron chi connectivity index (χ2n) is 6.39. The van der Waals surface area contributed by atoms with Crippen LogP contribution in [0.2, 0.25) is 0 Å². The van der Waals surface area contributed by atoms with Gasteiger partial charge in [0.25, 0.3) is 0 Å². The number of imidazole rings is 1. The van der Waals surface area contributed by atoms with E-state index in [2.05, 4.69) is 20.6 Å². The first kappa shape index (κ1) is 25.0. The molecule has 0 radical (unpaired) electrons. The first-order valence-electron chi connectivity index (χ1n) is 8.82. The summed E-state index contributed by atoms with van der Waals surface area (Å²) in [6.45, 7) is -0.669. The lowest BCUT2D eigenvalue weighted by atomic mass is 10.1. The predicted molar refractivity (Wildman–Crippen MR) is 101 cm³/mol. The number of carbonyl (C=O) groups is 6. The van der Waals surface area contributed by atoms with Crippen molar-refractivity contribution in [3.63, 3.8) is 0 Å². The molecule has 15 nitrogen and oxygen atoms in total. The number of carboxylic acids is 2. The average Bonchev–Trinajstić information content (AvgIpc) is 3.17. The van der Waals surface area contributed by atoms with E-state index in [1.807, 2.05) is 5.32 Å². The van der Waals surface area contributed by atoms with Crippen molar-refractivity contribution in [1.29, 1.82) is 0 Å². The molecule has 10 N–H and O–H groups in total. The van der Waals surface area contributed by atoms with Gasteiger partial charge < -0.3 is 42.6 Å². The number of hydrogen-bond acceptors (Lipinski definition) is 8. The van der Waals surface area contributed by atoms with Crippen LogP contribution in [0, 0.1) is 0 Å². The molecule has 31 heavy (non-hydrogen) atoms. The van der Waals surface area contributed by atoms with Crippen LogP contribution in [-0.2, 0) is 35.2 Å². The minimum Gasteiger partial charge on any atom is -0.481 e. The maximum Gasteiger partial charge on any atom is 0.326 e. The third kappa shape index (κ3) is 9.35. The zero-order valence-corrected chi connectivity index (χ0v) is 16.2. The van der Waals surface area contributed by atoms with Crippen LogP contribution >= 0.6 is 0 Å². The van der Waals surface area contributed by atoms with Gasteiger partial charge in [-0.05, 0) is 0 Å². The van der Waals surface area contributed by atoms with Crippen LogP contribution in [0.3, 0.4) is 0 Å². The van der Waals surface area contributed by atoms with E-state index in [0.717, 1.165) is 0 Å². The molecule has 4 amide bonds. The molecule has 0 saturated carbocycles. The molecule has 0 saturated heterocycles. The molecule has 0 spiro atoms. The Morgan fingerprint density at radius 3 is 2.23 bits per heavy atom. The Kier molecular flexibility index (Phi) is 9.58. The monoisotopic (exact) mass is 441 g/mol. The summed E-state index contributed by atoms with van der Waals surface area (Å²) in [7, 11) is 0. The summed E-state index contributed by atoms with van der Waals surface area (Å²) in [6, 6.07) is -4.24. The molecular formula is C16H23N7O8. The van der Waals surface area contributed by atoms with E-state index >= 15 is 0 Å². The number of aliphatic carboxylic acids is 2. The number of carbonyl (C=O) groups excluding carboxylic acids is 4. The van der Waals surface area contributed by atoms with E-state index < -0.39 is 73.1 Å². The summed E-state index contributed by atoms with van der Waals surface area (Å²) in [5.74, 6) is -6.40. The van der Waals surface area contributed by atoms with Gasteiger partial charge in [-0.3, -0.25) is 24.0 Å². The number of H-pyrrole nitrogens is 1. The number of primary amides is 1. The van der Waals surface area contributed by atoms with Gasteiger partial charge in [0.15, 0.2) is 0 Å². The normalized spacial score (nSPS) is 13.3. The van der Waals surface area contributed by atoms with Gasteiger partial charge in [-0.15, -0.1) is 0 Å². The van der Waals surface area contributed by atoms with Crippen molar-refractivity contribution in [2.45, 2.75) is 37.4 Å². The summed E-state index contributed by atoms with van der Waals surface area (Å²) < 4.78 is 0. The molecule has 0 bridgehead atoms. The highest BCUT2D eigenvalue weighted by atomic mass is 16.4. The first-order valence-corrected chi connectivity index (χ1v) is 8.82. The third-order valence-electron chi connectivity index (χ3n) is 3.80. The van der Waals surface area contributed by atoms with Gasteiger partial charge in [0, 0.05) is 18.3 Å². The fraction of sp³-hybridized carbons (Fsp3) is 0.438. The molecule has 1 aromatic heterocycles. The van der Waals surface area contributed by atoms with E-state index in [4.69, 9.17) is 21.7 Å². The van der Waals surface area contributed by atoms with E-state index in [9.17, 15) is 28.8 Å². The maximum absolute atomic E-state index is 12.5. The van der Waals surface area contributed by atoms with Crippen LogP contribution in [0.5, 0.6) is 0 Å². The lowest BCUT2D eigenvalue weighted by Gasteiger charge is -2.20. The smallest absolute Gasteiger partial charge is 0.326 e. The van der Waals surface area contributed by atoms with Gasteiger partial charge >= 0.3 is 11.9 Å². The Morgan fingerprint density at radius 1 is 1.03 bits per heavy atom. The number of nitrogens with one attached hydrogen (secondary N) is 4. The lowest BCUT2D eigenvalue weighted by molar-refractivity contribution is -0.143. The summed E-state index contributed by atoms with van der Waals surface area (Å²) in [6.07, 6.45) is 1.33. The van der Waals surface area contributed by atoms with E-state index in [-0.39, 0.29) is 6.42 Å². The average molecular weight is 441 g/mol. The molecule has 0 aliphatic heterocycles. The van der Waals surface area contributed by atoms with Crippen molar-refractivity contribution in [2.24, 2.45) is 11.5 Å². The van der Waals surface area contributed by atoms with Crippen LogP contribution in [0.25, 0.3) is 0 Å². The topological polar surface area (TPSA) is 260 Å². The van der Waals surface area contributed by atoms with Crippen molar-refractivity contribution in [3.05, 3.63) is 18.2 Å². The van der Waals surface area contributed by atoms with E-state index in [1.165, 1.54) is 12.5 Å². The summed E-state index contributed by atoms with van der Waals surface area (Å²) in [5, 5.41) is 24.2. The number of rotatable bonds is 13. The standard InChI is InChI=1S/C16H23N7O8/c17-8(2-13(26)27)14(28)23-9(1-7-4-19-6-21-7)15(29)20-5-12(25)22-10(16(30)31)3-11(18)24/h4,6,8-10H,1-3,5,17H2,(H2,18,24)(H,19,21)(H,20,29)(H,22,25)(H,23,28)(H,26,27)(H,30,31). The highest BCUT2D eigenvalue weighted by Gasteiger charge is 2.27. The molecule has 1 heterocycles. The maximum atomic E-state index is 12.5. The van der Waals surface area contributed by atoms with Crippen LogP contribution < -0.4 is 27.4 Å². The lowest BCUT2D eigenvalue weighted by Crippen LogP contribution is -2.54. The molecule has 0 fully saturated rings. The van der Waals surface area contributed by atoms with Crippen molar-refractivity contribution >= 4 is 35.6 Å². The SMILES string of the molecule is NC(=O)CC(NC(=O)CNC(=O)C(Cc1cnc[nH]1)NC(=O)C(N)CC(=O)O)C(=O)O. The Balaban J connectivity index is 2.74. The van der Waals surface area contributed by atoms with Crippen LogP contribution in [0.15, 0.2) is 12.5 Å². The van der Waals surface area contributed by atoms with Crippen molar-refractivity contribution in [3.8, 4) is 0 Å². The number of hydrogen-bond donors (Lipinski definition) is 8. The van der Waals surface area contributed by atoms with Gasteiger partial charge in [-0.25, -0.2) is 9.78 Å². The largest absolute Gasteiger partial charge is 0.481 e. The Bertz CT molecular complexity index is 826. The molecule has 0 aliphatic rings. The predicted octanol–water partition coefficient (Wildman–Crippen LogP) is -4.20. The third-order valence-corrected chi connectivity index (χ3v) is 3.80. The van der Waals surface area contributed by atoms with E-state index in [0.29, 0.717) is 5.69 Å². The number of nitrogens with two attached hydrogens (primary N) is 2. The summed E-state index contributed by atoms with van der Waals surface area (Å²) in [5.41, 5.74) is 10.8. The molecule has 3 atom stereocenters. The first-order chi connectivity index (χ1) is 14.5. The number of aromatic nitrogens is 2. The zero-order chi connectivity index (χ0) is 23.6. The van der Waals surface area contributed by atoms with Crippen molar-refractivity contribution in [1.82, 2.24) is 25.9 Å². The Labute approximate surface area is 174 Å². The van der Waals surface area contributed by atoms with E-state index in [1.54, 1.807) is 0 Å².